The SMILES string of the molecule is CCCN1CC2CCC(C1)[N+]2(C)C. The number of fused-ring (bicyclic) bond motifs is 2. The molecule has 2 heterocycles. The van der Waals surface area contributed by atoms with Crippen LogP contribution in [0, 0.1) is 0 Å². The quantitative estimate of drug-likeness (QED) is 0.584. The minimum atomic E-state index is 0.922. The van der Waals surface area contributed by atoms with E-state index in [2.05, 4.69) is 25.9 Å². The Balaban J connectivity index is 2.02. The highest BCUT2D eigenvalue weighted by atomic mass is 15.4. The van der Waals surface area contributed by atoms with Crippen molar-refractivity contribution in [3.05, 3.63) is 0 Å². The van der Waals surface area contributed by atoms with Gasteiger partial charge < -0.3 is 4.48 Å². The van der Waals surface area contributed by atoms with Crippen LogP contribution in [0.15, 0.2) is 0 Å². The van der Waals surface area contributed by atoms with Crippen LogP contribution in [-0.4, -0.2) is 55.2 Å². The maximum atomic E-state index is 2.67. The van der Waals surface area contributed by atoms with Gasteiger partial charge in [-0.3, -0.25) is 4.90 Å². The van der Waals surface area contributed by atoms with Gasteiger partial charge in [0.2, 0.25) is 0 Å². The molecular weight excluding hydrogens is 160 g/mol. The highest BCUT2D eigenvalue weighted by molar-refractivity contribution is 4.85. The van der Waals surface area contributed by atoms with E-state index in [0.29, 0.717) is 0 Å². The van der Waals surface area contributed by atoms with Crippen LogP contribution >= 0.6 is 0 Å². The first-order chi connectivity index (χ1) is 6.14. The van der Waals surface area contributed by atoms with Gasteiger partial charge in [-0.1, -0.05) is 6.92 Å². The average Bonchev–Trinajstić information content (AvgIpc) is 2.29. The number of rotatable bonds is 2. The molecule has 0 amide bonds. The van der Waals surface area contributed by atoms with E-state index in [1.165, 1.54) is 43.4 Å². The van der Waals surface area contributed by atoms with Gasteiger partial charge in [-0.15, -0.1) is 0 Å². The molecule has 2 fully saturated rings. The van der Waals surface area contributed by atoms with E-state index in [0.717, 1.165) is 12.1 Å². The monoisotopic (exact) mass is 183 g/mol. The third-order valence-electron chi connectivity index (χ3n) is 4.19. The van der Waals surface area contributed by atoms with Gasteiger partial charge in [0.05, 0.1) is 27.2 Å². The molecule has 2 rings (SSSR count). The van der Waals surface area contributed by atoms with Crippen LogP contribution in [0.1, 0.15) is 26.2 Å². The second-order valence-electron chi connectivity index (χ2n) is 5.27. The summed E-state index contributed by atoms with van der Waals surface area (Å²) in [6.45, 7) is 6.29. The van der Waals surface area contributed by atoms with E-state index in [-0.39, 0.29) is 0 Å². The Labute approximate surface area is 82.1 Å². The summed E-state index contributed by atoms with van der Waals surface area (Å²) in [6, 6.07) is 1.84. The normalized spacial score (nSPS) is 38.1. The smallest absolute Gasteiger partial charge is 0.102 e. The van der Waals surface area contributed by atoms with Crippen LogP contribution in [0.25, 0.3) is 0 Å². The number of quaternary nitrogens is 1. The number of piperazine rings is 1. The van der Waals surface area contributed by atoms with Crippen molar-refractivity contribution in [1.29, 1.82) is 0 Å². The zero-order chi connectivity index (χ0) is 9.47. The lowest BCUT2D eigenvalue weighted by atomic mass is 10.1. The average molecular weight is 183 g/mol. The lowest BCUT2D eigenvalue weighted by molar-refractivity contribution is -0.929. The van der Waals surface area contributed by atoms with Gasteiger partial charge in [-0.2, -0.15) is 0 Å². The summed E-state index contributed by atoms with van der Waals surface area (Å²) in [5.41, 5.74) is 0. The zero-order valence-corrected chi connectivity index (χ0v) is 9.29. The molecule has 2 nitrogen and oxygen atoms in total. The number of likely N-dealkylation sites (tertiary alicyclic amines) is 1. The van der Waals surface area contributed by atoms with Crippen LogP contribution in [0.2, 0.25) is 0 Å². The molecule has 2 atom stereocenters. The summed E-state index contributed by atoms with van der Waals surface area (Å²) in [7, 11) is 4.84. The van der Waals surface area contributed by atoms with Gasteiger partial charge in [-0.05, 0) is 13.0 Å². The Kier molecular flexibility index (Phi) is 2.37. The first kappa shape index (κ1) is 9.47. The molecule has 13 heavy (non-hydrogen) atoms. The van der Waals surface area contributed by atoms with Crippen molar-refractivity contribution in [2.24, 2.45) is 0 Å². The van der Waals surface area contributed by atoms with Crippen molar-refractivity contribution >= 4 is 0 Å². The molecule has 0 radical (unpaired) electrons. The minimum absolute atomic E-state index is 0.922. The third-order valence-corrected chi connectivity index (χ3v) is 4.19. The van der Waals surface area contributed by atoms with Gasteiger partial charge in [0.15, 0.2) is 0 Å². The van der Waals surface area contributed by atoms with E-state index in [1.54, 1.807) is 0 Å². The molecule has 0 aromatic carbocycles. The Hall–Kier alpha value is -0.0800. The van der Waals surface area contributed by atoms with E-state index < -0.39 is 0 Å². The first-order valence-electron chi connectivity index (χ1n) is 5.70. The fourth-order valence-corrected chi connectivity index (χ4v) is 3.12. The molecular formula is C11H23N2+. The van der Waals surface area contributed by atoms with Gasteiger partial charge in [0.1, 0.15) is 12.1 Å². The molecule has 0 aromatic rings. The summed E-state index contributed by atoms with van der Waals surface area (Å²) >= 11 is 0. The largest absolute Gasteiger partial charge is 0.321 e. The Bertz CT molecular complexity index is 173. The summed E-state index contributed by atoms with van der Waals surface area (Å²) in [5.74, 6) is 0. The highest BCUT2D eigenvalue weighted by Crippen LogP contribution is 2.34. The van der Waals surface area contributed by atoms with E-state index in [9.17, 15) is 0 Å². The molecule has 2 bridgehead atoms. The molecule has 2 unspecified atom stereocenters. The second kappa shape index (κ2) is 3.25. The molecule has 2 aliphatic heterocycles. The Morgan fingerprint density at radius 2 is 1.69 bits per heavy atom. The molecule has 0 aromatic heterocycles. The van der Waals surface area contributed by atoms with Crippen molar-refractivity contribution in [2.75, 3.05) is 33.7 Å². The van der Waals surface area contributed by atoms with E-state index in [1.807, 2.05) is 0 Å². The van der Waals surface area contributed by atoms with E-state index in [4.69, 9.17) is 0 Å². The van der Waals surface area contributed by atoms with Crippen molar-refractivity contribution in [1.82, 2.24) is 4.90 Å². The van der Waals surface area contributed by atoms with Gasteiger partial charge >= 0.3 is 0 Å². The molecule has 0 spiro atoms. The summed E-state index contributed by atoms with van der Waals surface area (Å²) in [4.78, 5) is 2.67. The summed E-state index contributed by atoms with van der Waals surface area (Å²) in [5, 5.41) is 0. The first-order valence-corrected chi connectivity index (χ1v) is 5.70. The maximum absolute atomic E-state index is 2.67. The Morgan fingerprint density at radius 3 is 2.15 bits per heavy atom. The zero-order valence-electron chi connectivity index (χ0n) is 9.29. The lowest BCUT2D eigenvalue weighted by Crippen LogP contribution is -2.62. The summed E-state index contributed by atoms with van der Waals surface area (Å²) < 4.78 is 1.29. The molecule has 0 saturated carbocycles. The van der Waals surface area contributed by atoms with Crippen molar-refractivity contribution in [2.45, 2.75) is 38.3 Å². The third kappa shape index (κ3) is 1.50. The molecule has 76 valence electrons. The number of likely N-dealkylation sites (N-methyl/N-ethyl adjacent to an activating group) is 1. The fraction of sp³-hybridized carbons (Fsp3) is 1.00. The molecule has 0 N–H and O–H groups in total. The van der Waals surface area contributed by atoms with Crippen molar-refractivity contribution in [3.63, 3.8) is 0 Å². The fourth-order valence-electron chi connectivity index (χ4n) is 3.12. The van der Waals surface area contributed by atoms with Crippen LogP contribution in [0.4, 0.5) is 0 Å². The molecule has 2 aliphatic rings. The van der Waals surface area contributed by atoms with Crippen molar-refractivity contribution in [3.8, 4) is 0 Å². The molecule has 2 saturated heterocycles. The van der Waals surface area contributed by atoms with Gasteiger partial charge in [-0.25, -0.2) is 0 Å². The molecule has 2 heteroatoms. The number of nitrogens with zero attached hydrogens (tertiary/aromatic N) is 2. The molecule has 0 aliphatic carbocycles. The van der Waals surface area contributed by atoms with Crippen molar-refractivity contribution < 1.29 is 4.48 Å². The topological polar surface area (TPSA) is 3.24 Å². The van der Waals surface area contributed by atoms with Crippen LogP contribution in [-0.2, 0) is 0 Å². The number of hydrogen-bond donors (Lipinski definition) is 0. The Morgan fingerprint density at radius 1 is 1.15 bits per heavy atom. The lowest BCUT2D eigenvalue weighted by Gasteiger charge is -2.45. The van der Waals surface area contributed by atoms with E-state index >= 15 is 0 Å². The maximum Gasteiger partial charge on any atom is 0.102 e. The number of hydrogen-bond acceptors (Lipinski definition) is 1. The van der Waals surface area contributed by atoms with Crippen LogP contribution in [0.5, 0.6) is 0 Å². The van der Waals surface area contributed by atoms with Gasteiger partial charge in [0.25, 0.3) is 0 Å². The minimum Gasteiger partial charge on any atom is -0.321 e. The van der Waals surface area contributed by atoms with Crippen LogP contribution < -0.4 is 0 Å². The predicted molar refractivity (Wildman–Crippen MR) is 55.6 cm³/mol. The standard InChI is InChI=1S/C11H23N2/c1-4-7-12-8-10-5-6-11(9-12)13(10,2)3/h10-11H,4-9H2,1-3H3/q+1. The van der Waals surface area contributed by atoms with Crippen LogP contribution in [0.3, 0.4) is 0 Å². The summed E-state index contributed by atoms with van der Waals surface area (Å²) in [6.07, 6.45) is 4.22. The second-order valence-corrected chi connectivity index (χ2v) is 5.27. The van der Waals surface area contributed by atoms with Gasteiger partial charge in [0, 0.05) is 12.8 Å². The highest BCUT2D eigenvalue weighted by Gasteiger charge is 2.47. The predicted octanol–water partition coefficient (Wildman–Crippen LogP) is 1.32.